The van der Waals surface area contributed by atoms with Crippen molar-refractivity contribution in [1.29, 1.82) is 0 Å². The van der Waals surface area contributed by atoms with Crippen LogP contribution in [0.1, 0.15) is 25.7 Å². The van der Waals surface area contributed by atoms with Crippen LogP contribution in [0.3, 0.4) is 0 Å². The molecule has 0 fully saturated rings. The SMILES string of the molecule is CC(C)[C@H](N)c1nc(-c2cccs2)n[nH]1. The van der Waals surface area contributed by atoms with Crippen molar-refractivity contribution in [3.63, 3.8) is 0 Å². The second kappa shape index (κ2) is 4.12. The predicted octanol–water partition coefficient (Wildman–Crippen LogP) is 2.19. The standard InChI is InChI=1S/C10H14N4S/c1-6(2)8(11)10-12-9(13-14-10)7-4-3-5-15-7/h3-6,8H,11H2,1-2H3,(H,12,13,14)/t8-/m0/s1. The van der Waals surface area contributed by atoms with Crippen molar-refractivity contribution >= 4 is 11.3 Å². The molecule has 0 unspecified atom stereocenters. The average molecular weight is 222 g/mol. The molecule has 0 saturated heterocycles. The number of rotatable bonds is 3. The van der Waals surface area contributed by atoms with Gasteiger partial charge in [-0.25, -0.2) is 4.98 Å². The molecule has 0 spiro atoms. The Morgan fingerprint density at radius 2 is 2.27 bits per heavy atom. The Morgan fingerprint density at radius 3 is 2.87 bits per heavy atom. The van der Waals surface area contributed by atoms with Gasteiger partial charge in [-0.3, -0.25) is 5.10 Å². The zero-order valence-corrected chi connectivity index (χ0v) is 9.58. The lowest BCUT2D eigenvalue weighted by atomic mass is 10.1. The van der Waals surface area contributed by atoms with Crippen molar-refractivity contribution in [3.8, 4) is 10.7 Å². The first-order valence-corrected chi connectivity index (χ1v) is 5.78. The molecule has 5 heteroatoms. The second-order valence-electron chi connectivity index (χ2n) is 3.79. The van der Waals surface area contributed by atoms with Crippen molar-refractivity contribution in [2.75, 3.05) is 0 Å². The number of nitrogens with zero attached hydrogens (tertiary/aromatic N) is 2. The predicted molar refractivity (Wildman–Crippen MR) is 61.5 cm³/mol. The van der Waals surface area contributed by atoms with E-state index in [1.807, 2.05) is 17.5 Å². The van der Waals surface area contributed by atoms with Crippen molar-refractivity contribution in [3.05, 3.63) is 23.3 Å². The van der Waals surface area contributed by atoms with Gasteiger partial charge in [-0.2, -0.15) is 5.10 Å². The minimum absolute atomic E-state index is 0.0776. The fraction of sp³-hybridized carbons (Fsp3) is 0.400. The molecule has 2 heterocycles. The van der Waals surface area contributed by atoms with Crippen LogP contribution in [0.2, 0.25) is 0 Å². The van der Waals surface area contributed by atoms with Crippen molar-refractivity contribution in [1.82, 2.24) is 15.2 Å². The lowest BCUT2D eigenvalue weighted by Gasteiger charge is -2.10. The average Bonchev–Trinajstić information content (AvgIpc) is 2.86. The minimum atomic E-state index is -0.0776. The number of thiophene rings is 1. The number of hydrogen-bond acceptors (Lipinski definition) is 4. The van der Waals surface area contributed by atoms with E-state index in [-0.39, 0.29) is 6.04 Å². The van der Waals surface area contributed by atoms with Gasteiger partial charge in [0.1, 0.15) is 5.82 Å². The fourth-order valence-corrected chi connectivity index (χ4v) is 1.91. The molecule has 0 amide bonds. The summed E-state index contributed by atoms with van der Waals surface area (Å²) in [5.41, 5.74) is 5.97. The maximum atomic E-state index is 5.97. The number of hydrogen-bond donors (Lipinski definition) is 2. The van der Waals surface area contributed by atoms with E-state index in [2.05, 4.69) is 29.0 Å². The molecule has 0 aliphatic rings. The third-order valence-electron chi connectivity index (χ3n) is 2.28. The Labute approximate surface area is 92.5 Å². The molecule has 1 atom stereocenters. The number of nitrogens with two attached hydrogens (primary N) is 1. The number of aromatic nitrogens is 3. The topological polar surface area (TPSA) is 67.6 Å². The highest BCUT2D eigenvalue weighted by atomic mass is 32.1. The van der Waals surface area contributed by atoms with Crippen LogP contribution in [-0.4, -0.2) is 15.2 Å². The van der Waals surface area contributed by atoms with E-state index >= 15 is 0 Å². The van der Waals surface area contributed by atoms with Crippen LogP contribution in [0.15, 0.2) is 17.5 Å². The molecule has 3 N–H and O–H groups in total. The molecule has 0 saturated carbocycles. The highest BCUT2D eigenvalue weighted by Crippen LogP contribution is 2.22. The van der Waals surface area contributed by atoms with E-state index in [4.69, 9.17) is 5.73 Å². The summed E-state index contributed by atoms with van der Waals surface area (Å²) in [6.07, 6.45) is 0. The minimum Gasteiger partial charge on any atom is -0.321 e. The van der Waals surface area contributed by atoms with E-state index in [1.54, 1.807) is 11.3 Å². The maximum absolute atomic E-state index is 5.97. The number of aromatic amines is 1. The molecule has 0 radical (unpaired) electrons. The van der Waals surface area contributed by atoms with E-state index in [1.165, 1.54) is 0 Å². The fourth-order valence-electron chi connectivity index (χ4n) is 1.26. The molecule has 0 aromatic carbocycles. The van der Waals surface area contributed by atoms with Gasteiger partial charge >= 0.3 is 0 Å². The van der Waals surface area contributed by atoms with E-state index in [0.29, 0.717) is 5.92 Å². The van der Waals surface area contributed by atoms with Crippen LogP contribution in [0, 0.1) is 5.92 Å². The summed E-state index contributed by atoms with van der Waals surface area (Å²) in [7, 11) is 0. The Morgan fingerprint density at radius 1 is 1.47 bits per heavy atom. The quantitative estimate of drug-likeness (QED) is 0.836. The van der Waals surface area contributed by atoms with Gasteiger partial charge in [0, 0.05) is 0 Å². The highest BCUT2D eigenvalue weighted by Gasteiger charge is 2.15. The van der Waals surface area contributed by atoms with Crippen LogP contribution in [0.4, 0.5) is 0 Å². The van der Waals surface area contributed by atoms with Crippen LogP contribution < -0.4 is 5.73 Å². The number of H-pyrrole nitrogens is 1. The molecule has 2 aromatic rings. The first-order chi connectivity index (χ1) is 7.18. The van der Waals surface area contributed by atoms with Gasteiger partial charge in [0.05, 0.1) is 10.9 Å². The maximum Gasteiger partial charge on any atom is 0.191 e. The molecular formula is C10H14N4S. The zero-order valence-electron chi connectivity index (χ0n) is 8.77. The summed E-state index contributed by atoms with van der Waals surface area (Å²) in [4.78, 5) is 5.46. The molecule has 0 aliphatic carbocycles. The first-order valence-electron chi connectivity index (χ1n) is 4.90. The second-order valence-corrected chi connectivity index (χ2v) is 4.74. The van der Waals surface area contributed by atoms with Gasteiger partial charge in [-0.15, -0.1) is 11.3 Å². The van der Waals surface area contributed by atoms with Gasteiger partial charge < -0.3 is 5.73 Å². The molecular weight excluding hydrogens is 208 g/mol. The molecule has 15 heavy (non-hydrogen) atoms. The molecule has 0 aliphatic heterocycles. The monoisotopic (exact) mass is 222 g/mol. The summed E-state index contributed by atoms with van der Waals surface area (Å²) >= 11 is 1.62. The first kappa shape index (κ1) is 10.3. The zero-order chi connectivity index (χ0) is 10.8. The summed E-state index contributed by atoms with van der Waals surface area (Å²) < 4.78 is 0. The van der Waals surface area contributed by atoms with Gasteiger partial charge in [0.2, 0.25) is 0 Å². The normalized spacial score (nSPS) is 13.3. The molecule has 2 rings (SSSR count). The van der Waals surface area contributed by atoms with Gasteiger partial charge in [0.25, 0.3) is 0 Å². The Balaban J connectivity index is 2.25. The lowest BCUT2D eigenvalue weighted by molar-refractivity contribution is 0.492. The van der Waals surface area contributed by atoms with Crippen molar-refractivity contribution < 1.29 is 0 Å². The number of nitrogens with one attached hydrogen (secondary N) is 1. The Kier molecular flexibility index (Phi) is 2.83. The summed E-state index contributed by atoms with van der Waals surface area (Å²) in [6, 6.07) is 3.91. The third-order valence-corrected chi connectivity index (χ3v) is 3.14. The lowest BCUT2D eigenvalue weighted by Crippen LogP contribution is -2.18. The Hall–Kier alpha value is -1.20. The van der Waals surface area contributed by atoms with Gasteiger partial charge in [-0.1, -0.05) is 19.9 Å². The van der Waals surface area contributed by atoms with Crippen LogP contribution >= 0.6 is 11.3 Å². The highest BCUT2D eigenvalue weighted by molar-refractivity contribution is 7.13. The van der Waals surface area contributed by atoms with E-state index in [9.17, 15) is 0 Å². The van der Waals surface area contributed by atoms with Crippen molar-refractivity contribution in [2.45, 2.75) is 19.9 Å². The van der Waals surface area contributed by atoms with E-state index in [0.717, 1.165) is 16.5 Å². The summed E-state index contributed by atoms with van der Waals surface area (Å²) in [5.74, 6) is 1.85. The third kappa shape index (κ3) is 2.08. The smallest absolute Gasteiger partial charge is 0.191 e. The van der Waals surface area contributed by atoms with Crippen LogP contribution in [0.5, 0.6) is 0 Å². The molecule has 0 bridgehead atoms. The molecule has 4 nitrogen and oxygen atoms in total. The Bertz CT molecular complexity index is 418. The molecule has 80 valence electrons. The van der Waals surface area contributed by atoms with E-state index < -0.39 is 0 Å². The van der Waals surface area contributed by atoms with Gasteiger partial charge in [-0.05, 0) is 17.4 Å². The van der Waals surface area contributed by atoms with Crippen LogP contribution in [0.25, 0.3) is 10.7 Å². The van der Waals surface area contributed by atoms with Crippen LogP contribution in [-0.2, 0) is 0 Å². The largest absolute Gasteiger partial charge is 0.321 e. The molecule has 2 aromatic heterocycles. The van der Waals surface area contributed by atoms with Crippen molar-refractivity contribution in [2.24, 2.45) is 11.7 Å². The summed E-state index contributed by atoms with van der Waals surface area (Å²) in [5, 5.41) is 9.06. The summed E-state index contributed by atoms with van der Waals surface area (Å²) in [6.45, 7) is 4.13. The van der Waals surface area contributed by atoms with Gasteiger partial charge in [0.15, 0.2) is 5.82 Å².